The number of benzene rings is 2. The van der Waals surface area contributed by atoms with Gasteiger partial charge >= 0.3 is 0 Å². The molecule has 148 valence electrons. The summed E-state index contributed by atoms with van der Waals surface area (Å²) in [5.41, 5.74) is 0. The van der Waals surface area contributed by atoms with E-state index in [0.29, 0.717) is 28.7 Å². The molecule has 0 bridgehead atoms. The van der Waals surface area contributed by atoms with Gasteiger partial charge in [-0.1, -0.05) is 6.07 Å². The smallest absolute Gasteiger partial charge is 0.237 e. The summed E-state index contributed by atoms with van der Waals surface area (Å²) in [6, 6.07) is 9.87. The molecule has 2 atom stereocenters. The van der Waals surface area contributed by atoms with Gasteiger partial charge < -0.3 is 38.6 Å². The Bertz CT molecular complexity index is 711. The average molecular weight is 380 g/mol. The summed E-state index contributed by atoms with van der Waals surface area (Å²) in [6.45, 7) is -0.504. The van der Waals surface area contributed by atoms with Crippen molar-refractivity contribution in [2.75, 3.05) is 35.0 Å². The summed E-state index contributed by atoms with van der Waals surface area (Å²) in [7, 11) is 5.97. The van der Waals surface area contributed by atoms with Gasteiger partial charge in [0.05, 0.1) is 35.0 Å². The molecule has 8 nitrogen and oxygen atoms in total. The Morgan fingerprint density at radius 3 is 1.89 bits per heavy atom. The van der Waals surface area contributed by atoms with Crippen LogP contribution in [0.5, 0.6) is 34.5 Å². The fraction of sp³-hybridized carbons (Fsp3) is 0.368. The molecule has 0 radical (unpaired) electrons. The number of methoxy groups -OCH3 is 4. The lowest BCUT2D eigenvalue weighted by Crippen LogP contribution is -2.39. The largest absolute Gasteiger partial charge is 0.493 e. The highest BCUT2D eigenvalue weighted by atomic mass is 16.6. The molecule has 2 unspecified atom stereocenters. The molecular weight excluding hydrogens is 356 g/mol. The van der Waals surface area contributed by atoms with Gasteiger partial charge in [0, 0.05) is 6.07 Å². The molecule has 0 spiro atoms. The molecule has 0 fully saturated rings. The van der Waals surface area contributed by atoms with Crippen LogP contribution in [0.4, 0.5) is 0 Å². The number of ether oxygens (including phenoxy) is 6. The first kappa shape index (κ1) is 20.5. The van der Waals surface area contributed by atoms with E-state index >= 15 is 0 Å². The summed E-state index contributed by atoms with van der Waals surface area (Å²) in [5, 5.41) is 20.0. The molecule has 0 amide bonds. The van der Waals surface area contributed by atoms with E-state index in [0.717, 1.165) is 0 Å². The van der Waals surface area contributed by atoms with Crippen molar-refractivity contribution in [1.82, 2.24) is 0 Å². The fourth-order valence-electron chi connectivity index (χ4n) is 2.38. The van der Waals surface area contributed by atoms with Crippen LogP contribution in [-0.4, -0.2) is 57.7 Å². The molecule has 2 rings (SSSR count). The number of rotatable bonds is 10. The summed E-state index contributed by atoms with van der Waals surface area (Å²) < 4.78 is 32.0. The molecule has 0 aliphatic rings. The third kappa shape index (κ3) is 4.87. The Morgan fingerprint density at radius 2 is 1.37 bits per heavy atom. The zero-order valence-corrected chi connectivity index (χ0v) is 15.7. The third-order valence-corrected chi connectivity index (χ3v) is 3.76. The minimum absolute atomic E-state index is 0.247. The Morgan fingerprint density at radius 1 is 0.778 bits per heavy atom. The van der Waals surface area contributed by atoms with Crippen LogP contribution in [-0.2, 0) is 0 Å². The van der Waals surface area contributed by atoms with Gasteiger partial charge in [0.15, 0.2) is 29.1 Å². The van der Waals surface area contributed by atoms with Crippen molar-refractivity contribution in [3.8, 4) is 34.5 Å². The van der Waals surface area contributed by atoms with E-state index < -0.39 is 19.0 Å². The summed E-state index contributed by atoms with van der Waals surface area (Å²) in [6.07, 6.45) is -2.56. The zero-order chi connectivity index (χ0) is 19.8. The first-order chi connectivity index (χ1) is 13.1. The number of aliphatic hydroxyl groups excluding tert-OH is 2. The van der Waals surface area contributed by atoms with Crippen LogP contribution < -0.4 is 28.4 Å². The predicted octanol–water partition coefficient (Wildman–Crippen LogP) is 1.86. The zero-order valence-electron chi connectivity index (χ0n) is 15.7. The third-order valence-electron chi connectivity index (χ3n) is 3.76. The number of hydrogen-bond acceptors (Lipinski definition) is 8. The first-order valence-corrected chi connectivity index (χ1v) is 8.13. The highest BCUT2D eigenvalue weighted by Crippen LogP contribution is 2.38. The second-order valence-corrected chi connectivity index (χ2v) is 5.36. The van der Waals surface area contributed by atoms with Gasteiger partial charge in [-0.2, -0.15) is 0 Å². The van der Waals surface area contributed by atoms with Crippen molar-refractivity contribution in [1.29, 1.82) is 0 Å². The van der Waals surface area contributed by atoms with Crippen LogP contribution in [0.1, 0.15) is 0 Å². The van der Waals surface area contributed by atoms with Crippen molar-refractivity contribution in [3.05, 3.63) is 36.4 Å². The summed E-state index contributed by atoms with van der Waals surface area (Å²) in [4.78, 5) is 0. The van der Waals surface area contributed by atoms with Gasteiger partial charge in [-0.25, -0.2) is 0 Å². The van der Waals surface area contributed by atoms with Crippen LogP contribution in [0.15, 0.2) is 36.4 Å². The van der Waals surface area contributed by atoms with Crippen LogP contribution in [0.3, 0.4) is 0 Å². The van der Waals surface area contributed by atoms with E-state index in [4.69, 9.17) is 28.4 Å². The maximum absolute atomic E-state index is 10.4. The van der Waals surface area contributed by atoms with E-state index in [1.54, 1.807) is 36.4 Å². The van der Waals surface area contributed by atoms with E-state index in [1.165, 1.54) is 28.4 Å². The predicted molar refractivity (Wildman–Crippen MR) is 97.2 cm³/mol. The van der Waals surface area contributed by atoms with Gasteiger partial charge in [-0.3, -0.25) is 0 Å². The maximum atomic E-state index is 10.4. The number of aliphatic hydroxyl groups is 2. The molecule has 2 aromatic carbocycles. The van der Waals surface area contributed by atoms with Crippen LogP contribution >= 0.6 is 0 Å². The van der Waals surface area contributed by atoms with Crippen molar-refractivity contribution in [3.63, 3.8) is 0 Å². The SMILES string of the molecule is COc1ccc(OC(O)C(CO)Oc2c(OC)cccc2OC)cc1OC. The van der Waals surface area contributed by atoms with Crippen LogP contribution in [0, 0.1) is 0 Å². The molecule has 0 aromatic heterocycles. The molecule has 0 saturated heterocycles. The van der Waals surface area contributed by atoms with Gasteiger partial charge in [-0.15, -0.1) is 0 Å². The van der Waals surface area contributed by atoms with Gasteiger partial charge in [0.1, 0.15) is 5.75 Å². The lowest BCUT2D eigenvalue weighted by atomic mass is 10.2. The number of hydrogen-bond donors (Lipinski definition) is 2. The minimum Gasteiger partial charge on any atom is -0.493 e. The average Bonchev–Trinajstić information content (AvgIpc) is 2.71. The van der Waals surface area contributed by atoms with Gasteiger partial charge in [0.25, 0.3) is 0 Å². The monoisotopic (exact) mass is 380 g/mol. The first-order valence-electron chi connectivity index (χ1n) is 8.13. The van der Waals surface area contributed by atoms with Crippen molar-refractivity contribution in [2.24, 2.45) is 0 Å². The highest BCUT2D eigenvalue weighted by molar-refractivity contribution is 5.51. The normalized spacial score (nSPS) is 12.7. The second kappa shape index (κ2) is 9.75. The minimum atomic E-state index is -1.47. The fourth-order valence-corrected chi connectivity index (χ4v) is 2.38. The standard InChI is InChI=1S/C19H24O8/c1-22-13-9-8-12(10-16(13)25-4)26-19(21)17(11-20)27-18-14(23-2)6-5-7-15(18)24-3/h5-10,17,19-21H,11H2,1-4H3. The molecule has 0 aliphatic carbocycles. The topological polar surface area (TPSA) is 95.8 Å². The highest BCUT2D eigenvalue weighted by Gasteiger charge is 2.26. The molecule has 0 saturated carbocycles. The number of para-hydroxylation sites is 1. The van der Waals surface area contributed by atoms with E-state index in [1.807, 2.05) is 0 Å². The molecule has 8 heteroatoms. The van der Waals surface area contributed by atoms with Crippen LogP contribution in [0.25, 0.3) is 0 Å². The Hall–Kier alpha value is -2.84. The lowest BCUT2D eigenvalue weighted by molar-refractivity contribution is -0.108. The van der Waals surface area contributed by atoms with E-state index in [-0.39, 0.29) is 5.75 Å². The van der Waals surface area contributed by atoms with Gasteiger partial charge in [-0.05, 0) is 24.3 Å². The summed E-state index contributed by atoms with van der Waals surface area (Å²) >= 11 is 0. The Balaban J connectivity index is 2.18. The molecule has 27 heavy (non-hydrogen) atoms. The van der Waals surface area contributed by atoms with Crippen molar-refractivity contribution in [2.45, 2.75) is 12.4 Å². The molecule has 0 heterocycles. The molecule has 0 aliphatic heterocycles. The van der Waals surface area contributed by atoms with Crippen LogP contribution in [0.2, 0.25) is 0 Å². The summed E-state index contributed by atoms with van der Waals surface area (Å²) in [5.74, 6) is 2.31. The van der Waals surface area contributed by atoms with Crippen molar-refractivity contribution >= 4 is 0 Å². The van der Waals surface area contributed by atoms with Gasteiger partial charge in [0.2, 0.25) is 12.0 Å². The molecular formula is C19H24O8. The quantitative estimate of drug-likeness (QED) is 0.603. The van der Waals surface area contributed by atoms with E-state index in [2.05, 4.69) is 0 Å². The Labute approximate surface area is 157 Å². The Kier molecular flexibility index (Phi) is 7.39. The van der Waals surface area contributed by atoms with E-state index in [9.17, 15) is 10.2 Å². The second-order valence-electron chi connectivity index (χ2n) is 5.36. The maximum Gasteiger partial charge on any atom is 0.237 e. The molecule has 2 aromatic rings. The van der Waals surface area contributed by atoms with Crippen molar-refractivity contribution < 1.29 is 38.6 Å². The lowest BCUT2D eigenvalue weighted by Gasteiger charge is -2.25. The molecule has 2 N–H and O–H groups in total.